The van der Waals surface area contributed by atoms with E-state index in [0.29, 0.717) is 5.02 Å². The smallest absolute Gasteiger partial charge is 0.339 e. The highest BCUT2D eigenvalue weighted by atomic mass is 35.5. The summed E-state index contributed by atoms with van der Waals surface area (Å²) in [6.45, 7) is 0. The van der Waals surface area contributed by atoms with Crippen molar-refractivity contribution in [2.75, 3.05) is 0 Å². The molecule has 0 saturated heterocycles. The van der Waals surface area contributed by atoms with Gasteiger partial charge in [0.2, 0.25) is 0 Å². The predicted molar refractivity (Wildman–Crippen MR) is 70.7 cm³/mol. The highest BCUT2D eigenvalue weighted by Crippen LogP contribution is 2.29. The van der Waals surface area contributed by atoms with Crippen molar-refractivity contribution in [3.63, 3.8) is 0 Å². The Hall–Kier alpha value is -1.30. The van der Waals surface area contributed by atoms with Gasteiger partial charge < -0.3 is 4.18 Å². The monoisotopic (exact) mass is 320 g/mol. The topological polar surface area (TPSA) is 43.4 Å². The van der Waals surface area contributed by atoms with Gasteiger partial charge in [0, 0.05) is 5.02 Å². The van der Waals surface area contributed by atoms with Crippen LogP contribution in [-0.2, 0) is 10.1 Å². The standard InChI is InChI=1S/C12H7Cl2FO3S/c13-8-1-6-12(11(14)7-8)18-19(16,17)10-4-2-9(15)3-5-10/h1-7H. The van der Waals surface area contributed by atoms with Gasteiger partial charge in [-0.2, -0.15) is 8.42 Å². The molecule has 0 N–H and O–H groups in total. The summed E-state index contributed by atoms with van der Waals surface area (Å²) in [5, 5.41) is 0.426. The van der Waals surface area contributed by atoms with E-state index in [2.05, 4.69) is 0 Å². The fourth-order valence-electron chi connectivity index (χ4n) is 1.31. The molecule has 0 aliphatic rings. The van der Waals surface area contributed by atoms with Crippen molar-refractivity contribution < 1.29 is 17.0 Å². The quantitative estimate of drug-likeness (QED) is 0.805. The predicted octanol–water partition coefficient (Wildman–Crippen LogP) is 3.90. The van der Waals surface area contributed by atoms with Gasteiger partial charge in [0.1, 0.15) is 10.7 Å². The Morgan fingerprint density at radius 2 is 1.63 bits per heavy atom. The second kappa shape index (κ2) is 5.36. The maximum Gasteiger partial charge on any atom is 0.339 e. The molecule has 0 aliphatic carbocycles. The summed E-state index contributed by atoms with van der Waals surface area (Å²) in [6.07, 6.45) is 0. The van der Waals surface area contributed by atoms with Crippen LogP contribution in [0.15, 0.2) is 47.4 Å². The number of rotatable bonds is 3. The molecule has 0 amide bonds. The van der Waals surface area contributed by atoms with Gasteiger partial charge in [0.05, 0.1) is 5.02 Å². The van der Waals surface area contributed by atoms with E-state index in [0.717, 1.165) is 24.3 Å². The lowest BCUT2D eigenvalue weighted by Gasteiger charge is -2.08. The second-order valence-electron chi connectivity index (χ2n) is 3.57. The molecule has 7 heteroatoms. The Labute approximate surface area is 119 Å². The average molecular weight is 321 g/mol. The van der Waals surface area contributed by atoms with Gasteiger partial charge in [0.25, 0.3) is 0 Å². The number of halogens is 3. The van der Waals surface area contributed by atoms with Crippen LogP contribution in [0.4, 0.5) is 4.39 Å². The van der Waals surface area contributed by atoms with Crippen molar-refractivity contribution in [1.29, 1.82) is 0 Å². The molecule has 0 unspecified atom stereocenters. The minimum atomic E-state index is -4.06. The Morgan fingerprint density at radius 1 is 1.00 bits per heavy atom. The number of hydrogen-bond donors (Lipinski definition) is 0. The average Bonchev–Trinajstić information content (AvgIpc) is 2.33. The van der Waals surface area contributed by atoms with Crippen molar-refractivity contribution >= 4 is 33.3 Å². The van der Waals surface area contributed by atoms with Crippen LogP contribution in [0.1, 0.15) is 0 Å². The molecule has 0 aromatic heterocycles. The summed E-state index contributed by atoms with van der Waals surface area (Å²) in [6, 6.07) is 8.41. The third-order valence-corrected chi connectivity index (χ3v) is 3.97. The fourth-order valence-corrected chi connectivity index (χ4v) is 2.75. The van der Waals surface area contributed by atoms with Gasteiger partial charge in [-0.25, -0.2) is 4.39 Å². The van der Waals surface area contributed by atoms with Crippen LogP contribution in [0.25, 0.3) is 0 Å². The maximum absolute atomic E-state index is 12.7. The second-order valence-corrected chi connectivity index (χ2v) is 5.96. The third-order valence-electron chi connectivity index (χ3n) is 2.20. The van der Waals surface area contributed by atoms with Crippen LogP contribution in [0.3, 0.4) is 0 Å². The molecule has 0 heterocycles. The summed E-state index contributed by atoms with van der Waals surface area (Å²) in [5.74, 6) is -0.584. The van der Waals surface area contributed by atoms with Crippen molar-refractivity contribution in [3.8, 4) is 5.75 Å². The number of hydrogen-bond acceptors (Lipinski definition) is 3. The first kappa shape index (κ1) is 14.1. The Morgan fingerprint density at radius 3 is 2.21 bits per heavy atom. The first-order chi connectivity index (χ1) is 8.88. The van der Waals surface area contributed by atoms with Crippen LogP contribution in [0.5, 0.6) is 5.75 Å². The van der Waals surface area contributed by atoms with Gasteiger partial charge >= 0.3 is 10.1 Å². The first-order valence-corrected chi connectivity index (χ1v) is 7.20. The summed E-state index contributed by atoms with van der Waals surface area (Å²) >= 11 is 11.5. The van der Waals surface area contributed by atoms with E-state index < -0.39 is 15.9 Å². The van der Waals surface area contributed by atoms with Gasteiger partial charge in [-0.15, -0.1) is 0 Å². The third kappa shape index (κ3) is 3.37. The van der Waals surface area contributed by atoms with Gasteiger partial charge in [0.15, 0.2) is 5.75 Å². The molecule has 0 aliphatic heterocycles. The van der Waals surface area contributed by atoms with Crippen molar-refractivity contribution in [3.05, 3.63) is 58.3 Å². The molecular formula is C12H7Cl2FO3S. The Bertz CT molecular complexity index is 699. The first-order valence-electron chi connectivity index (χ1n) is 5.03. The fraction of sp³-hybridized carbons (Fsp3) is 0. The lowest BCUT2D eigenvalue weighted by molar-refractivity contribution is 0.486. The van der Waals surface area contributed by atoms with Crippen LogP contribution in [-0.4, -0.2) is 8.42 Å². The molecule has 2 aromatic carbocycles. The van der Waals surface area contributed by atoms with E-state index in [-0.39, 0.29) is 15.7 Å². The molecule has 19 heavy (non-hydrogen) atoms. The molecule has 2 aromatic rings. The van der Waals surface area contributed by atoms with Crippen molar-refractivity contribution in [2.45, 2.75) is 4.90 Å². The van der Waals surface area contributed by atoms with E-state index in [1.165, 1.54) is 18.2 Å². The molecule has 0 spiro atoms. The van der Waals surface area contributed by atoms with Gasteiger partial charge in [-0.1, -0.05) is 23.2 Å². The van der Waals surface area contributed by atoms with E-state index in [1.807, 2.05) is 0 Å². The zero-order chi connectivity index (χ0) is 14.0. The van der Waals surface area contributed by atoms with Crippen LogP contribution in [0, 0.1) is 5.82 Å². The summed E-state index contributed by atoms with van der Waals surface area (Å²) in [5.41, 5.74) is 0. The molecule has 2 rings (SSSR count). The van der Waals surface area contributed by atoms with E-state index in [1.54, 1.807) is 0 Å². The highest BCUT2D eigenvalue weighted by Gasteiger charge is 2.18. The van der Waals surface area contributed by atoms with Gasteiger partial charge in [-0.3, -0.25) is 0 Å². The minimum absolute atomic E-state index is 0.0459. The van der Waals surface area contributed by atoms with E-state index in [4.69, 9.17) is 27.4 Å². The minimum Gasteiger partial charge on any atom is -0.377 e. The zero-order valence-corrected chi connectivity index (χ0v) is 11.6. The molecule has 0 bridgehead atoms. The lowest BCUT2D eigenvalue weighted by atomic mass is 10.3. The number of benzene rings is 2. The van der Waals surface area contributed by atoms with Crippen LogP contribution in [0.2, 0.25) is 10.0 Å². The Balaban J connectivity index is 2.33. The summed E-state index contributed by atoms with van der Waals surface area (Å²) < 4.78 is 41.4. The van der Waals surface area contributed by atoms with Crippen LogP contribution < -0.4 is 4.18 Å². The van der Waals surface area contributed by atoms with Crippen molar-refractivity contribution in [1.82, 2.24) is 0 Å². The molecule has 100 valence electrons. The molecule has 0 saturated carbocycles. The molecule has 0 fully saturated rings. The molecule has 0 radical (unpaired) electrons. The summed E-state index contributed by atoms with van der Waals surface area (Å²) in [7, 11) is -4.06. The van der Waals surface area contributed by atoms with Crippen molar-refractivity contribution in [2.24, 2.45) is 0 Å². The van der Waals surface area contributed by atoms with E-state index >= 15 is 0 Å². The molecular weight excluding hydrogens is 314 g/mol. The Kier molecular flexibility index (Phi) is 3.99. The lowest BCUT2D eigenvalue weighted by Crippen LogP contribution is -2.10. The molecule has 0 atom stereocenters. The highest BCUT2D eigenvalue weighted by molar-refractivity contribution is 7.87. The normalized spacial score (nSPS) is 11.3. The van der Waals surface area contributed by atoms with Gasteiger partial charge in [-0.05, 0) is 42.5 Å². The van der Waals surface area contributed by atoms with E-state index in [9.17, 15) is 12.8 Å². The zero-order valence-electron chi connectivity index (χ0n) is 9.31. The largest absolute Gasteiger partial charge is 0.377 e. The molecule has 3 nitrogen and oxygen atoms in total. The SMILES string of the molecule is O=S(=O)(Oc1ccc(Cl)cc1Cl)c1ccc(F)cc1. The van der Waals surface area contributed by atoms with Crippen LogP contribution >= 0.6 is 23.2 Å². The maximum atomic E-state index is 12.7. The summed E-state index contributed by atoms with van der Waals surface area (Å²) in [4.78, 5) is -0.167.